The summed E-state index contributed by atoms with van der Waals surface area (Å²) in [6.45, 7) is 4.10. The summed E-state index contributed by atoms with van der Waals surface area (Å²) < 4.78 is 39.8. The maximum absolute atomic E-state index is 13.2. The number of benzene rings is 1. The van der Waals surface area contributed by atoms with Gasteiger partial charge in [-0.05, 0) is 30.7 Å². The first kappa shape index (κ1) is 23.8. The lowest BCUT2D eigenvalue weighted by Crippen LogP contribution is -2.66. The number of carbonyl (C=O) groups is 1. The molecule has 1 aromatic heterocycles. The molecule has 1 atom stereocenters. The molecule has 3 saturated heterocycles. The minimum absolute atomic E-state index is 0.189. The zero-order valence-corrected chi connectivity index (χ0v) is 21.1. The van der Waals surface area contributed by atoms with Crippen LogP contribution in [0.2, 0.25) is 5.02 Å². The second kappa shape index (κ2) is 8.47. The number of amides is 1. The van der Waals surface area contributed by atoms with Crippen LogP contribution < -0.4 is 19.3 Å². The van der Waals surface area contributed by atoms with Crippen LogP contribution in [0.3, 0.4) is 0 Å². The Balaban J connectivity index is 1.18. The molecule has 1 aromatic carbocycles. The molecule has 0 bridgehead atoms. The second-order valence-electron chi connectivity index (χ2n) is 10.2. The van der Waals surface area contributed by atoms with Crippen molar-refractivity contribution in [2.75, 3.05) is 49.2 Å². The molecule has 4 fully saturated rings. The fourth-order valence-corrected chi connectivity index (χ4v) is 6.15. The minimum atomic E-state index is -4.23. The highest BCUT2D eigenvalue weighted by atomic mass is 35.5. The Morgan fingerprint density at radius 3 is 2.61 bits per heavy atom. The molecule has 0 radical (unpaired) electrons. The van der Waals surface area contributed by atoms with Gasteiger partial charge in [-0.15, -0.1) is 0 Å². The summed E-state index contributed by atoms with van der Waals surface area (Å²) in [5.74, 6) is 0.159. The lowest BCUT2D eigenvalue weighted by molar-refractivity contribution is -0.128. The van der Waals surface area contributed by atoms with Gasteiger partial charge in [0.15, 0.2) is 10.6 Å². The fraction of sp³-hybridized carbons (Fsp3) is 0.500. The number of β-amino-alcohol motifs (C(OH)–C–C–N with tert-alkyl or cyclic N) is 1. The van der Waals surface area contributed by atoms with Crippen LogP contribution >= 0.6 is 11.6 Å². The Morgan fingerprint density at radius 1 is 1.19 bits per heavy atom. The lowest BCUT2D eigenvalue weighted by Gasteiger charge is -2.56. The summed E-state index contributed by atoms with van der Waals surface area (Å²) in [5.41, 5.74) is -0.277. The van der Waals surface area contributed by atoms with Gasteiger partial charge in [0.1, 0.15) is 11.6 Å². The predicted octanol–water partition coefficient (Wildman–Crippen LogP) is 1.56. The van der Waals surface area contributed by atoms with Crippen LogP contribution in [0.1, 0.15) is 19.3 Å². The molecule has 3 aliphatic heterocycles. The van der Waals surface area contributed by atoms with Gasteiger partial charge in [-0.25, -0.2) is 9.71 Å². The summed E-state index contributed by atoms with van der Waals surface area (Å²) in [6, 6.07) is 9.89. The number of anilines is 2. The third-order valence-corrected chi connectivity index (χ3v) is 8.72. The van der Waals surface area contributed by atoms with E-state index in [2.05, 4.69) is 14.6 Å². The molecule has 1 spiro atoms. The number of nitrogens with zero attached hydrogens (tertiary/aromatic N) is 3. The van der Waals surface area contributed by atoms with E-state index in [-0.39, 0.29) is 10.4 Å². The monoisotopic (exact) mass is 534 g/mol. The Labute approximate surface area is 214 Å². The molecule has 1 unspecified atom stereocenters. The van der Waals surface area contributed by atoms with Crippen LogP contribution in [0.25, 0.3) is 0 Å². The Morgan fingerprint density at radius 2 is 1.97 bits per heavy atom. The van der Waals surface area contributed by atoms with E-state index in [0.717, 1.165) is 32.0 Å². The highest BCUT2D eigenvalue weighted by Gasteiger charge is 2.55. The number of ether oxygens (including phenoxy) is 2. The molecule has 36 heavy (non-hydrogen) atoms. The fourth-order valence-electron chi connectivity index (χ4n) is 4.98. The number of hydrogen-bond donors (Lipinski definition) is 2. The number of hydrogen-bond acceptors (Lipinski definition) is 9. The van der Waals surface area contributed by atoms with Crippen molar-refractivity contribution in [3.63, 3.8) is 0 Å². The number of carbonyl (C=O) groups excluding carboxylic acids is 1. The average Bonchev–Trinajstić information content (AvgIpc) is 3.44. The quantitative estimate of drug-likeness (QED) is 0.545. The largest absolute Gasteiger partial charge is 0.475 e. The standard InChI is InChI=1S/C24H27ClN4O6S/c25-16-4-5-18(29-12-23(13-29)14-34-15-23)19(10-16)35-24(7-8-24)22(31)27-36(32,33)21-3-1-2-20(26-21)28-9-6-17(30)11-28/h1-5,10,17,30H,6-9,11-15H2,(H,27,31). The third-order valence-electron chi connectivity index (χ3n) is 7.25. The highest BCUT2D eigenvalue weighted by Crippen LogP contribution is 2.48. The van der Waals surface area contributed by atoms with Gasteiger partial charge in [-0.1, -0.05) is 17.7 Å². The molecule has 2 N–H and O–H groups in total. The number of sulfonamides is 1. The molecule has 2 aromatic rings. The molecule has 1 aliphatic carbocycles. The molecule has 192 valence electrons. The van der Waals surface area contributed by atoms with E-state index < -0.39 is 27.6 Å². The first-order valence-electron chi connectivity index (χ1n) is 12.0. The second-order valence-corrected chi connectivity index (χ2v) is 12.3. The molecule has 1 saturated carbocycles. The van der Waals surface area contributed by atoms with Crippen molar-refractivity contribution in [1.29, 1.82) is 0 Å². The Hall–Kier alpha value is -2.60. The van der Waals surface area contributed by atoms with Gasteiger partial charge in [-0.3, -0.25) is 4.79 Å². The van der Waals surface area contributed by atoms with Gasteiger partial charge >= 0.3 is 0 Å². The van der Waals surface area contributed by atoms with Crippen molar-refractivity contribution in [3.8, 4) is 5.75 Å². The van der Waals surface area contributed by atoms with Crippen molar-refractivity contribution in [3.05, 3.63) is 41.4 Å². The predicted molar refractivity (Wildman–Crippen MR) is 132 cm³/mol. The SMILES string of the molecule is O=C(NS(=O)(=O)c1cccc(N2CCC(O)C2)n1)C1(Oc2cc(Cl)ccc2N2CC3(COC3)C2)CC1. The average molecular weight is 535 g/mol. The summed E-state index contributed by atoms with van der Waals surface area (Å²) in [5, 5.41) is 9.99. The lowest BCUT2D eigenvalue weighted by atomic mass is 9.77. The number of aliphatic hydroxyl groups is 1. The molecule has 6 rings (SSSR count). The smallest absolute Gasteiger partial charge is 0.281 e. The molecule has 4 aliphatic rings. The van der Waals surface area contributed by atoms with Crippen LogP contribution in [0.15, 0.2) is 41.4 Å². The zero-order valence-electron chi connectivity index (χ0n) is 19.5. The maximum Gasteiger partial charge on any atom is 0.281 e. The number of pyridine rings is 1. The molecular formula is C24H27ClN4O6S. The number of aliphatic hydroxyl groups excluding tert-OH is 1. The number of nitrogens with one attached hydrogen (secondary N) is 1. The molecule has 12 heteroatoms. The number of aromatic nitrogens is 1. The van der Waals surface area contributed by atoms with Crippen LogP contribution in [0, 0.1) is 5.41 Å². The summed E-state index contributed by atoms with van der Waals surface area (Å²) in [6.07, 6.45) is 0.889. The van der Waals surface area contributed by atoms with Gasteiger partial charge in [-0.2, -0.15) is 8.42 Å². The van der Waals surface area contributed by atoms with Crippen LogP contribution in [0.5, 0.6) is 5.75 Å². The Kier molecular flexibility index (Phi) is 5.60. The van der Waals surface area contributed by atoms with E-state index in [1.807, 2.05) is 11.0 Å². The third kappa shape index (κ3) is 4.27. The van der Waals surface area contributed by atoms with E-state index in [1.54, 1.807) is 24.3 Å². The zero-order chi connectivity index (χ0) is 25.1. The summed E-state index contributed by atoms with van der Waals surface area (Å²) in [7, 11) is -4.23. The maximum atomic E-state index is 13.2. The summed E-state index contributed by atoms with van der Waals surface area (Å²) in [4.78, 5) is 21.4. The van der Waals surface area contributed by atoms with Crippen molar-refractivity contribution < 1.29 is 27.8 Å². The Bertz CT molecular complexity index is 1310. The van der Waals surface area contributed by atoms with Crippen molar-refractivity contribution in [2.45, 2.75) is 36.0 Å². The van der Waals surface area contributed by atoms with E-state index in [4.69, 9.17) is 21.1 Å². The molecule has 4 heterocycles. The van der Waals surface area contributed by atoms with Crippen molar-refractivity contribution in [2.24, 2.45) is 5.41 Å². The van der Waals surface area contributed by atoms with Crippen LogP contribution in [0.4, 0.5) is 11.5 Å². The molecular weight excluding hydrogens is 508 g/mol. The van der Waals surface area contributed by atoms with Gasteiger partial charge in [0.2, 0.25) is 0 Å². The topological polar surface area (TPSA) is 121 Å². The van der Waals surface area contributed by atoms with E-state index in [9.17, 15) is 18.3 Å². The molecule has 1 amide bonds. The number of rotatable bonds is 7. The first-order chi connectivity index (χ1) is 17.2. The normalized spacial score (nSPS) is 23.7. The van der Waals surface area contributed by atoms with Gasteiger partial charge in [0, 0.05) is 50.1 Å². The number of halogens is 1. The van der Waals surface area contributed by atoms with Gasteiger partial charge in [0.05, 0.1) is 30.4 Å². The van der Waals surface area contributed by atoms with Gasteiger partial charge < -0.3 is 24.4 Å². The van der Waals surface area contributed by atoms with Crippen molar-refractivity contribution in [1.82, 2.24) is 9.71 Å². The van der Waals surface area contributed by atoms with Crippen LogP contribution in [-0.4, -0.2) is 75.5 Å². The summed E-state index contributed by atoms with van der Waals surface area (Å²) >= 11 is 6.23. The van der Waals surface area contributed by atoms with Crippen LogP contribution in [-0.2, 0) is 19.6 Å². The minimum Gasteiger partial charge on any atom is -0.475 e. The highest BCUT2D eigenvalue weighted by molar-refractivity contribution is 7.90. The van der Waals surface area contributed by atoms with E-state index >= 15 is 0 Å². The van der Waals surface area contributed by atoms with Gasteiger partial charge in [0.25, 0.3) is 15.9 Å². The molecule has 10 nitrogen and oxygen atoms in total. The first-order valence-corrected chi connectivity index (χ1v) is 13.8. The van der Waals surface area contributed by atoms with E-state index in [1.165, 1.54) is 6.07 Å². The van der Waals surface area contributed by atoms with Crippen molar-refractivity contribution >= 4 is 39.0 Å². The van der Waals surface area contributed by atoms with E-state index in [0.29, 0.717) is 48.9 Å².